The summed E-state index contributed by atoms with van der Waals surface area (Å²) >= 11 is 0. The zero-order valence-electron chi connectivity index (χ0n) is 17.9. The maximum Gasteiger partial charge on any atom is 0.255 e. The van der Waals surface area contributed by atoms with Crippen LogP contribution in [-0.2, 0) is 22.7 Å². The van der Waals surface area contributed by atoms with Crippen LogP contribution in [0.5, 0.6) is 0 Å². The van der Waals surface area contributed by atoms with E-state index in [0.29, 0.717) is 24.6 Å². The predicted molar refractivity (Wildman–Crippen MR) is 115 cm³/mol. The van der Waals surface area contributed by atoms with Gasteiger partial charge in [0.1, 0.15) is 6.04 Å². The highest BCUT2D eigenvalue weighted by atomic mass is 16.2. The topological polar surface area (TPSA) is 85.0 Å². The van der Waals surface area contributed by atoms with Crippen molar-refractivity contribution in [1.82, 2.24) is 25.3 Å². The first kappa shape index (κ1) is 20.6. The van der Waals surface area contributed by atoms with Gasteiger partial charge in [0.15, 0.2) is 0 Å². The van der Waals surface area contributed by atoms with Crippen LogP contribution in [0.15, 0.2) is 18.2 Å². The summed E-state index contributed by atoms with van der Waals surface area (Å²) in [5.74, 6) is -0.707. The van der Waals surface area contributed by atoms with Gasteiger partial charge in [0, 0.05) is 63.8 Å². The molecule has 2 atom stereocenters. The lowest BCUT2D eigenvalue weighted by Crippen LogP contribution is -2.53. The molecule has 2 unspecified atom stereocenters. The molecule has 0 spiro atoms. The Morgan fingerprint density at radius 2 is 1.87 bits per heavy atom. The number of carbonyl (C=O) groups is 3. The molecule has 4 heterocycles. The number of nitrogens with one attached hydrogen (secondary N) is 2. The molecule has 3 saturated heterocycles. The minimum absolute atomic E-state index is 0.0938. The molecule has 4 aliphatic rings. The highest BCUT2D eigenvalue weighted by molar-refractivity contribution is 6.05. The average molecular weight is 426 g/mol. The Morgan fingerprint density at radius 1 is 1.03 bits per heavy atom. The van der Waals surface area contributed by atoms with E-state index in [0.717, 1.165) is 56.9 Å². The molecule has 4 aliphatic heterocycles. The minimum atomic E-state index is -0.553. The van der Waals surface area contributed by atoms with Gasteiger partial charge in [-0.1, -0.05) is 12.1 Å². The number of nitrogens with zero attached hydrogens (tertiary/aromatic N) is 3. The summed E-state index contributed by atoms with van der Waals surface area (Å²) in [4.78, 5) is 43.5. The van der Waals surface area contributed by atoms with E-state index in [9.17, 15) is 14.4 Å². The molecule has 31 heavy (non-hydrogen) atoms. The van der Waals surface area contributed by atoms with E-state index < -0.39 is 6.04 Å². The van der Waals surface area contributed by atoms with Gasteiger partial charge in [0.05, 0.1) is 0 Å². The van der Waals surface area contributed by atoms with Gasteiger partial charge in [0.25, 0.3) is 5.91 Å². The fourth-order valence-corrected chi connectivity index (χ4v) is 5.48. The lowest BCUT2D eigenvalue weighted by Gasteiger charge is -2.41. The molecule has 0 radical (unpaired) electrons. The van der Waals surface area contributed by atoms with Gasteiger partial charge in [-0.25, -0.2) is 0 Å². The van der Waals surface area contributed by atoms with Crippen LogP contribution in [0.3, 0.4) is 0 Å². The number of piperazine rings is 1. The molecule has 0 saturated carbocycles. The quantitative estimate of drug-likeness (QED) is 0.676. The highest BCUT2D eigenvalue weighted by Crippen LogP contribution is 2.29. The highest BCUT2D eigenvalue weighted by Gasteiger charge is 2.39. The molecule has 1 aromatic carbocycles. The van der Waals surface area contributed by atoms with Crippen LogP contribution in [0, 0.1) is 0 Å². The second-order valence-corrected chi connectivity index (χ2v) is 9.21. The van der Waals surface area contributed by atoms with E-state index in [1.165, 1.54) is 12.8 Å². The van der Waals surface area contributed by atoms with Crippen molar-refractivity contribution < 1.29 is 14.4 Å². The van der Waals surface area contributed by atoms with E-state index in [4.69, 9.17) is 0 Å². The normalized spacial score (nSPS) is 28.0. The Balaban J connectivity index is 1.24. The Morgan fingerprint density at radius 3 is 2.68 bits per heavy atom. The number of fused-ring (bicyclic) bond motifs is 1. The van der Waals surface area contributed by atoms with Crippen molar-refractivity contribution >= 4 is 17.7 Å². The molecular weight excluding hydrogens is 394 g/mol. The molecule has 8 nitrogen and oxygen atoms in total. The molecule has 0 aliphatic carbocycles. The molecular formula is C23H31N5O3. The first-order valence-corrected chi connectivity index (χ1v) is 11.5. The second kappa shape index (κ2) is 8.68. The van der Waals surface area contributed by atoms with Crippen LogP contribution in [0.2, 0.25) is 0 Å². The van der Waals surface area contributed by atoms with Crippen LogP contribution >= 0.6 is 0 Å². The SMILES string of the molecule is O=C1CCC(N2Cc3ccc(CN4CCCC(N5CCNCC5)C4)cc3C2=O)C(=O)N1. The third-order valence-electron chi connectivity index (χ3n) is 7.15. The van der Waals surface area contributed by atoms with Gasteiger partial charge >= 0.3 is 0 Å². The summed E-state index contributed by atoms with van der Waals surface area (Å²) in [5, 5.41) is 5.80. The smallest absolute Gasteiger partial charge is 0.255 e. The van der Waals surface area contributed by atoms with E-state index >= 15 is 0 Å². The number of carbonyl (C=O) groups excluding carboxylic acids is 3. The molecule has 0 bridgehead atoms. The summed E-state index contributed by atoms with van der Waals surface area (Å²) < 4.78 is 0. The molecule has 0 aromatic heterocycles. The fourth-order valence-electron chi connectivity index (χ4n) is 5.48. The van der Waals surface area contributed by atoms with Crippen LogP contribution in [-0.4, -0.2) is 83.8 Å². The van der Waals surface area contributed by atoms with Crippen molar-refractivity contribution in [2.75, 3.05) is 39.3 Å². The van der Waals surface area contributed by atoms with Gasteiger partial charge in [-0.2, -0.15) is 0 Å². The fraction of sp³-hybridized carbons (Fsp3) is 0.609. The number of piperidine rings is 2. The van der Waals surface area contributed by atoms with Crippen molar-refractivity contribution in [3.8, 4) is 0 Å². The van der Waals surface area contributed by atoms with Gasteiger partial charge in [-0.3, -0.25) is 29.5 Å². The van der Waals surface area contributed by atoms with Gasteiger partial charge in [-0.05, 0) is 43.0 Å². The number of rotatable bonds is 4. The number of hydrogen-bond acceptors (Lipinski definition) is 6. The van der Waals surface area contributed by atoms with Crippen LogP contribution < -0.4 is 10.6 Å². The van der Waals surface area contributed by atoms with E-state index in [1.54, 1.807) is 4.90 Å². The summed E-state index contributed by atoms with van der Waals surface area (Å²) in [6.45, 7) is 7.87. The Bertz CT molecular complexity index is 882. The maximum atomic E-state index is 13.1. The number of amides is 3. The summed E-state index contributed by atoms with van der Waals surface area (Å²) in [5.41, 5.74) is 2.83. The first-order chi connectivity index (χ1) is 15.1. The molecule has 8 heteroatoms. The van der Waals surface area contributed by atoms with E-state index in [2.05, 4.69) is 26.5 Å². The van der Waals surface area contributed by atoms with Crippen molar-refractivity contribution in [3.63, 3.8) is 0 Å². The van der Waals surface area contributed by atoms with Crippen molar-refractivity contribution in [1.29, 1.82) is 0 Å². The molecule has 166 valence electrons. The molecule has 3 fully saturated rings. The van der Waals surface area contributed by atoms with Crippen LogP contribution in [0.25, 0.3) is 0 Å². The molecule has 2 N–H and O–H groups in total. The molecule has 5 rings (SSSR count). The minimum Gasteiger partial charge on any atom is -0.322 e. The molecule has 1 aromatic rings. The third-order valence-corrected chi connectivity index (χ3v) is 7.15. The third kappa shape index (κ3) is 4.24. The Kier molecular flexibility index (Phi) is 5.77. The van der Waals surface area contributed by atoms with Gasteiger partial charge in [0.2, 0.25) is 11.8 Å². The predicted octanol–water partition coefficient (Wildman–Crippen LogP) is 0.317. The second-order valence-electron chi connectivity index (χ2n) is 9.21. The summed E-state index contributed by atoms with van der Waals surface area (Å²) in [6, 6.07) is 6.23. The zero-order chi connectivity index (χ0) is 21.4. The van der Waals surface area contributed by atoms with Crippen molar-refractivity contribution in [2.24, 2.45) is 0 Å². The Labute approximate surface area is 182 Å². The zero-order valence-corrected chi connectivity index (χ0v) is 17.9. The lowest BCUT2D eigenvalue weighted by atomic mass is 10.0. The average Bonchev–Trinajstić information content (AvgIpc) is 3.10. The van der Waals surface area contributed by atoms with Crippen LogP contribution in [0.4, 0.5) is 0 Å². The van der Waals surface area contributed by atoms with Gasteiger partial charge in [-0.15, -0.1) is 0 Å². The van der Waals surface area contributed by atoms with Crippen LogP contribution in [0.1, 0.15) is 47.2 Å². The number of imide groups is 1. The van der Waals surface area contributed by atoms with Crippen molar-refractivity contribution in [2.45, 2.75) is 50.9 Å². The largest absolute Gasteiger partial charge is 0.322 e. The number of hydrogen-bond donors (Lipinski definition) is 2. The maximum absolute atomic E-state index is 13.1. The summed E-state index contributed by atoms with van der Waals surface area (Å²) in [7, 11) is 0. The first-order valence-electron chi connectivity index (χ1n) is 11.5. The number of likely N-dealkylation sites (tertiary alicyclic amines) is 1. The van der Waals surface area contributed by atoms with E-state index in [1.807, 2.05) is 12.1 Å². The Hall–Kier alpha value is -2.29. The standard InChI is InChI=1S/C23H31N5O3/c29-21-6-5-20(22(30)25-21)28-14-17-4-3-16(12-19(17)23(28)31)13-26-9-1-2-18(15-26)27-10-7-24-8-11-27/h3-4,12,18,20,24H,1-2,5-11,13-15H2,(H,25,29,30). The van der Waals surface area contributed by atoms with Crippen molar-refractivity contribution in [3.05, 3.63) is 34.9 Å². The monoisotopic (exact) mass is 425 g/mol. The molecule has 3 amide bonds. The van der Waals surface area contributed by atoms with Gasteiger partial charge < -0.3 is 10.2 Å². The lowest BCUT2D eigenvalue weighted by molar-refractivity contribution is -0.136. The number of benzene rings is 1. The summed E-state index contributed by atoms with van der Waals surface area (Å²) in [6.07, 6.45) is 3.16. The van der Waals surface area contributed by atoms with E-state index in [-0.39, 0.29) is 24.1 Å².